The van der Waals surface area contributed by atoms with Gasteiger partial charge in [0.15, 0.2) is 11.5 Å². The number of hydrogen-bond donors (Lipinski definition) is 2. The number of ether oxygens (including phenoxy) is 2. The smallest absolute Gasteiger partial charge is 0.166 e. The van der Waals surface area contributed by atoms with Gasteiger partial charge in [0.2, 0.25) is 0 Å². The zero-order chi connectivity index (χ0) is 16.3. The second-order valence-corrected chi connectivity index (χ2v) is 6.45. The van der Waals surface area contributed by atoms with Gasteiger partial charge in [0.05, 0.1) is 19.3 Å². The summed E-state index contributed by atoms with van der Waals surface area (Å²) in [5.74, 6) is 1.34. The highest BCUT2D eigenvalue weighted by Gasteiger charge is 2.26. The van der Waals surface area contributed by atoms with E-state index in [1.165, 1.54) is 0 Å². The molecule has 1 aromatic rings. The molecule has 2 atom stereocenters. The van der Waals surface area contributed by atoms with Crippen LogP contribution < -0.4 is 15.2 Å². The molecular formula is C16H25ClN2O3. The average Bonchev–Trinajstić information content (AvgIpc) is 2.45. The van der Waals surface area contributed by atoms with E-state index in [0.717, 1.165) is 18.5 Å². The predicted octanol–water partition coefficient (Wildman–Crippen LogP) is 2.03. The number of rotatable bonds is 5. The molecule has 0 aliphatic carbocycles. The van der Waals surface area contributed by atoms with Crippen LogP contribution in [0.25, 0.3) is 0 Å². The Balaban J connectivity index is 2.23. The minimum Gasteiger partial charge on any atom is -0.493 e. The molecule has 0 saturated carbocycles. The molecular weight excluding hydrogens is 304 g/mol. The predicted molar refractivity (Wildman–Crippen MR) is 87.6 cm³/mol. The second-order valence-electron chi connectivity index (χ2n) is 6.02. The average molecular weight is 329 g/mol. The third-order valence-corrected chi connectivity index (χ3v) is 4.00. The van der Waals surface area contributed by atoms with Crippen LogP contribution in [0.3, 0.4) is 0 Å². The van der Waals surface area contributed by atoms with Gasteiger partial charge in [-0.15, -0.1) is 0 Å². The highest BCUT2D eigenvalue weighted by atomic mass is 35.5. The molecule has 0 aromatic heterocycles. The van der Waals surface area contributed by atoms with Gasteiger partial charge in [-0.2, -0.15) is 0 Å². The topological polar surface area (TPSA) is 68.0 Å². The van der Waals surface area contributed by atoms with Crippen LogP contribution >= 0.6 is 11.6 Å². The molecule has 1 aromatic carbocycles. The number of likely N-dealkylation sites (tertiary alicyclic amines) is 1. The van der Waals surface area contributed by atoms with Crippen molar-refractivity contribution in [1.29, 1.82) is 0 Å². The van der Waals surface area contributed by atoms with E-state index in [2.05, 4.69) is 4.90 Å². The standard InChI is InChI=1S/C16H25ClN2O3/c1-10(2)22-16-11(6-12(17)7-15(16)21-3)8-19-5-4-13(18)14(20)9-19/h6-7,10,13-14,20H,4-5,8-9,18H2,1-3H3. The van der Waals surface area contributed by atoms with E-state index in [4.69, 9.17) is 26.8 Å². The molecule has 1 fully saturated rings. The van der Waals surface area contributed by atoms with Gasteiger partial charge in [-0.1, -0.05) is 11.6 Å². The molecule has 22 heavy (non-hydrogen) atoms. The van der Waals surface area contributed by atoms with E-state index in [1.54, 1.807) is 13.2 Å². The summed E-state index contributed by atoms with van der Waals surface area (Å²) in [6, 6.07) is 3.50. The van der Waals surface area contributed by atoms with Crippen LogP contribution in [-0.2, 0) is 6.54 Å². The van der Waals surface area contributed by atoms with Crippen LogP contribution in [0.5, 0.6) is 11.5 Å². The molecule has 5 nitrogen and oxygen atoms in total. The summed E-state index contributed by atoms with van der Waals surface area (Å²) < 4.78 is 11.3. The number of piperidine rings is 1. The summed E-state index contributed by atoms with van der Waals surface area (Å²) >= 11 is 6.18. The summed E-state index contributed by atoms with van der Waals surface area (Å²) in [5.41, 5.74) is 6.82. The van der Waals surface area contributed by atoms with Gasteiger partial charge in [0.1, 0.15) is 0 Å². The van der Waals surface area contributed by atoms with Crippen molar-refractivity contribution >= 4 is 11.6 Å². The van der Waals surface area contributed by atoms with Crippen molar-refractivity contribution < 1.29 is 14.6 Å². The van der Waals surface area contributed by atoms with Crippen molar-refractivity contribution in [1.82, 2.24) is 4.90 Å². The second kappa shape index (κ2) is 7.51. The van der Waals surface area contributed by atoms with Crippen molar-refractivity contribution in [2.45, 2.75) is 45.1 Å². The van der Waals surface area contributed by atoms with Crippen LogP contribution in [0.2, 0.25) is 5.02 Å². The lowest BCUT2D eigenvalue weighted by atomic mass is 10.0. The number of nitrogens with zero attached hydrogens (tertiary/aromatic N) is 1. The summed E-state index contributed by atoms with van der Waals surface area (Å²) in [7, 11) is 1.60. The van der Waals surface area contributed by atoms with Crippen LogP contribution in [-0.4, -0.2) is 48.5 Å². The number of aliphatic hydroxyl groups is 1. The first-order valence-corrected chi connectivity index (χ1v) is 7.97. The Kier molecular flexibility index (Phi) is 5.92. The Hall–Kier alpha value is -1.01. The van der Waals surface area contributed by atoms with E-state index in [0.29, 0.717) is 29.6 Å². The zero-order valence-electron chi connectivity index (χ0n) is 13.4. The largest absolute Gasteiger partial charge is 0.493 e. The van der Waals surface area contributed by atoms with Crippen molar-refractivity contribution in [2.24, 2.45) is 5.73 Å². The number of nitrogens with two attached hydrogens (primary N) is 1. The number of methoxy groups -OCH3 is 1. The van der Waals surface area contributed by atoms with Gasteiger partial charge < -0.3 is 20.3 Å². The SMILES string of the molecule is COc1cc(Cl)cc(CN2CCC(N)C(O)C2)c1OC(C)C. The zero-order valence-corrected chi connectivity index (χ0v) is 14.1. The molecule has 0 amide bonds. The number of aliphatic hydroxyl groups excluding tert-OH is 1. The fourth-order valence-corrected chi connectivity index (χ4v) is 2.89. The molecule has 1 saturated heterocycles. The third kappa shape index (κ3) is 4.26. The van der Waals surface area contributed by atoms with Crippen LogP contribution in [0.1, 0.15) is 25.8 Å². The molecule has 0 radical (unpaired) electrons. The fourth-order valence-electron chi connectivity index (χ4n) is 2.66. The first-order chi connectivity index (χ1) is 10.4. The number of β-amino-alcohol motifs (C(OH)–C–C–N with tert-alkyl or cyclic N) is 1. The van der Waals surface area contributed by atoms with Crippen molar-refractivity contribution in [3.8, 4) is 11.5 Å². The molecule has 1 heterocycles. The molecule has 124 valence electrons. The van der Waals surface area contributed by atoms with Crippen LogP contribution in [0, 0.1) is 0 Å². The van der Waals surface area contributed by atoms with Crippen molar-refractivity contribution in [2.75, 3.05) is 20.2 Å². The van der Waals surface area contributed by atoms with Crippen LogP contribution in [0.4, 0.5) is 0 Å². The summed E-state index contributed by atoms with van der Waals surface area (Å²) in [6.45, 7) is 5.98. The lowest BCUT2D eigenvalue weighted by Crippen LogP contribution is -2.50. The van der Waals surface area contributed by atoms with Gasteiger partial charge in [-0.05, 0) is 26.3 Å². The summed E-state index contributed by atoms with van der Waals surface area (Å²) in [6.07, 6.45) is 0.317. The fraction of sp³-hybridized carbons (Fsp3) is 0.625. The maximum absolute atomic E-state index is 9.95. The maximum Gasteiger partial charge on any atom is 0.166 e. The Labute approximate surface area is 136 Å². The molecule has 1 aliphatic rings. The van der Waals surface area contributed by atoms with Gasteiger partial charge in [0.25, 0.3) is 0 Å². The van der Waals surface area contributed by atoms with Crippen LogP contribution in [0.15, 0.2) is 12.1 Å². The van der Waals surface area contributed by atoms with Gasteiger partial charge >= 0.3 is 0 Å². The molecule has 0 bridgehead atoms. The summed E-state index contributed by atoms with van der Waals surface area (Å²) in [5, 5.41) is 10.6. The highest BCUT2D eigenvalue weighted by Crippen LogP contribution is 2.36. The first kappa shape index (κ1) is 17.3. The Bertz CT molecular complexity index is 510. The monoisotopic (exact) mass is 328 g/mol. The lowest BCUT2D eigenvalue weighted by molar-refractivity contribution is 0.0493. The first-order valence-electron chi connectivity index (χ1n) is 7.59. The molecule has 6 heteroatoms. The van der Waals surface area contributed by atoms with Crippen molar-refractivity contribution in [3.05, 3.63) is 22.7 Å². The Morgan fingerprint density at radius 2 is 2.18 bits per heavy atom. The number of benzene rings is 1. The third-order valence-electron chi connectivity index (χ3n) is 3.78. The quantitative estimate of drug-likeness (QED) is 0.865. The molecule has 3 N–H and O–H groups in total. The van der Waals surface area contributed by atoms with Gasteiger partial charge in [-0.25, -0.2) is 0 Å². The number of halogens is 1. The van der Waals surface area contributed by atoms with Crippen molar-refractivity contribution in [3.63, 3.8) is 0 Å². The number of hydrogen-bond acceptors (Lipinski definition) is 5. The molecule has 2 unspecified atom stereocenters. The lowest BCUT2D eigenvalue weighted by Gasteiger charge is -2.34. The van der Waals surface area contributed by atoms with Gasteiger partial charge in [-0.3, -0.25) is 4.90 Å². The van der Waals surface area contributed by atoms with Gasteiger partial charge in [0, 0.05) is 42.3 Å². The normalized spacial score (nSPS) is 22.9. The summed E-state index contributed by atoms with van der Waals surface area (Å²) in [4.78, 5) is 2.16. The molecule has 0 spiro atoms. The highest BCUT2D eigenvalue weighted by molar-refractivity contribution is 6.30. The van der Waals surface area contributed by atoms with E-state index < -0.39 is 6.10 Å². The van der Waals surface area contributed by atoms with E-state index in [-0.39, 0.29) is 12.1 Å². The molecule has 1 aliphatic heterocycles. The maximum atomic E-state index is 9.95. The minimum atomic E-state index is -0.496. The Morgan fingerprint density at radius 1 is 1.45 bits per heavy atom. The van der Waals surface area contributed by atoms with E-state index in [1.807, 2.05) is 19.9 Å². The minimum absolute atomic E-state index is 0.0363. The van der Waals surface area contributed by atoms with E-state index in [9.17, 15) is 5.11 Å². The Morgan fingerprint density at radius 3 is 2.77 bits per heavy atom. The van der Waals surface area contributed by atoms with E-state index >= 15 is 0 Å². The molecule has 2 rings (SSSR count).